The molecular weight excluding hydrogens is 350 g/mol. The normalized spacial score (nSPS) is 11.4. The maximum absolute atomic E-state index is 12.3. The van der Waals surface area contributed by atoms with Crippen LogP contribution in [-0.2, 0) is 9.59 Å². The highest BCUT2D eigenvalue weighted by Crippen LogP contribution is 2.29. The molecule has 142 valence electrons. The van der Waals surface area contributed by atoms with Crippen molar-refractivity contribution in [2.75, 3.05) is 17.7 Å². The molecule has 0 aromatic heterocycles. The van der Waals surface area contributed by atoms with E-state index in [-0.39, 0.29) is 23.0 Å². The average molecular weight is 371 g/mol. The molecule has 0 spiro atoms. The van der Waals surface area contributed by atoms with Crippen LogP contribution >= 0.6 is 0 Å². The molecular formula is C19H21N3O5. The molecule has 0 fully saturated rings. The Morgan fingerprint density at radius 2 is 1.74 bits per heavy atom. The summed E-state index contributed by atoms with van der Waals surface area (Å²) >= 11 is 0. The number of carbonyl (C=O) groups excluding carboxylic acids is 2. The average Bonchev–Trinajstić information content (AvgIpc) is 2.67. The van der Waals surface area contributed by atoms with Crippen molar-refractivity contribution in [3.63, 3.8) is 0 Å². The van der Waals surface area contributed by atoms with Crippen LogP contribution in [0, 0.1) is 10.1 Å². The smallest absolute Gasteiger partial charge is 0.314 e. The molecule has 1 atom stereocenters. The number of non-ortho nitro benzene ring substituents is 1. The first-order chi connectivity index (χ1) is 12.9. The van der Waals surface area contributed by atoms with Gasteiger partial charge in [-0.05, 0) is 30.0 Å². The Balaban J connectivity index is 2.16. The second kappa shape index (κ2) is 8.79. The van der Waals surface area contributed by atoms with E-state index in [1.165, 1.54) is 25.3 Å². The van der Waals surface area contributed by atoms with E-state index in [0.717, 1.165) is 12.0 Å². The highest BCUT2D eigenvalue weighted by Gasteiger charge is 2.19. The molecule has 2 N–H and O–H groups in total. The van der Waals surface area contributed by atoms with Gasteiger partial charge in [-0.2, -0.15) is 0 Å². The SMILES string of the molecule is CCC(C)c1ccccc1NC(=O)C(=O)Nc1ccc([N+](=O)[O-])cc1OC. The number of hydrogen-bond acceptors (Lipinski definition) is 5. The molecule has 8 heteroatoms. The number of amides is 2. The molecule has 2 amide bonds. The minimum Gasteiger partial charge on any atom is -0.494 e. The third kappa shape index (κ3) is 4.81. The van der Waals surface area contributed by atoms with Gasteiger partial charge in [-0.1, -0.05) is 32.0 Å². The Morgan fingerprint density at radius 1 is 1.11 bits per heavy atom. The van der Waals surface area contributed by atoms with Crippen molar-refractivity contribution in [3.8, 4) is 5.75 Å². The molecule has 0 heterocycles. The fourth-order valence-corrected chi connectivity index (χ4v) is 2.52. The van der Waals surface area contributed by atoms with E-state index in [0.29, 0.717) is 5.69 Å². The van der Waals surface area contributed by atoms with Crippen LogP contribution in [0.5, 0.6) is 5.75 Å². The van der Waals surface area contributed by atoms with Gasteiger partial charge < -0.3 is 15.4 Å². The standard InChI is InChI=1S/C19H21N3O5/c1-4-12(2)14-7-5-6-8-15(14)20-18(23)19(24)21-16-10-9-13(22(25)26)11-17(16)27-3/h5-12H,4H2,1-3H3,(H,20,23)(H,21,24). The number of nitro groups is 1. The zero-order valence-corrected chi connectivity index (χ0v) is 15.3. The van der Waals surface area contributed by atoms with E-state index < -0.39 is 16.7 Å². The quantitative estimate of drug-likeness (QED) is 0.457. The Bertz CT molecular complexity index is 866. The lowest BCUT2D eigenvalue weighted by atomic mass is 9.97. The fourth-order valence-electron chi connectivity index (χ4n) is 2.52. The molecule has 2 aromatic carbocycles. The van der Waals surface area contributed by atoms with Gasteiger partial charge in [0, 0.05) is 11.8 Å². The zero-order chi connectivity index (χ0) is 20.0. The van der Waals surface area contributed by atoms with Crippen molar-refractivity contribution >= 4 is 28.9 Å². The summed E-state index contributed by atoms with van der Waals surface area (Å²) in [5.41, 5.74) is 1.49. The van der Waals surface area contributed by atoms with Gasteiger partial charge in [0.15, 0.2) is 0 Å². The molecule has 2 rings (SSSR count). The summed E-state index contributed by atoms with van der Waals surface area (Å²) in [6.07, 6.45) is 0.888. The minimum atomic E-state index is -0.902. The van der Waals surface area contributed by atoms with E-state index >= 15 is 0 Å². The van der Waals surface area contributed by atoms with Gasteiger partial charge in [0.25, 0.3) is 5.69 Å². The lowest BCUT2D eigenvalue weighted by Crippen LogP contribution is -2.29. The molecule has 0 aliphatic heterocycles. The summed E-state index contributed by atoms with van der Waals surface area (Å²) in [6.45, 7) is 4.07. The van der Waals surface area contributed by atoms with E-state index in [4.69, 9.17) is 4.74 Å². The van der Waals surface area contributed by atoms with Gasteiger partial charge in [-0.3, -0.25) is 19.7 Å². The molecule has 0 saturated heterocycles. The molecule has 0 radical (unpaired) electrons. The lowest BCUT2D eigenvalue weighted by Gasteiger charge is -2.15. The number of benzene rings is 2. The second-order valence-corrected chi connectivity index (χ2v) is 5.95. The minimum absolute atomic E-state index is 0.0883. The van der Waals surface area contributed by atoms with Gasteiger partial charge in [-0.25, -0.2) is 0 Å². The number of nitrogens with one attached hydrogen (secondary N) is 2. The molecule has 0 saturated carbocycles. The molecule has 0 bridgehead atoms. The van der Waals surface area contributed by atoms with Crippen molar-refractivity contribution in [2.24, 2.45) is 0 Å². The fraction of sp³-hybridized carbons (Fsp3) is 0.263. The number of carbonyl (C=O) groups is 2. The summed E-state index contributed by atoms with van der Waals surface area (Å²) in [5.74, 6) is -1.43. The number of hydrogen-bond donors (Lipinski definition) is 2. The first-order valence-electron chi connectivity index (χ1n) is 8.41. The topological polar surface area (TPSA) is 111 Å². The largest absolute Gasteiger partial charge is 0.494 e. The van der Waals surface area contributed by atoms with Crippen molar-refractivity contribution in [1.29, 1.82) is 0 Å². The number of para-hydroxylation sites is 1. The maximum atomic E-state index is 12.3. The van der Waals surface area contributed by atoms with Crippen LogP contribution < -0.4 is 15.4 Å². The highest BCUT2D eigenvalue weighted by atomic mass is 16.6. The molecule has 8 nitrogen and oxygen atoms in total. The van der Waals surface area contributed by atoms with Crippen LogP contribution in [0.4, 0.5) is 17.1 Å². The van der Waals surface area contributed by atoms with E-state index in [2.05, 4.69) is 10.6 Å². The van der Waals surface area contributed by atoms with Crippen molar-refractivity contribution in [2.45, 2.75) is 26.2 Å². The number of ether oxygens (including phenoxy) is 1. The van der Waals surface area contributed by atoms with Gasteiger partial charge in [-0.15, -0.1) is 0 Å². The molecule has 0 aliphatic rings. The van der Waals surface area contributed by atoms with Crippen molar-refractivity contribution in [1.82, 2.24) is 0 Å². The summed E-state index contributed by atoms with van der Waals surface area (Å²) in [6, 6.07) is 11.0. The van der Waals surface area contributed by atoms with Gasteiger partial charge in [0.1, 0.15) is 5.75 Å². The van der Waals surface area contributed by atoms with Crippen LogP contribution in [0.3, 0.4) is 0 Å². The highest BCUT2D eigenvalue weighted by molar-refractivity contribution is 6.43. The Labute approximate surface area is 156 Å². The van der Waals surface area contributed by atoms with Crippen LogP contribution in [0.1, 0.15) is 31.7 Å². The first-order valence-corrected chi connectivity index (χ1v) is 8.41. The predicted octanol–water partition coefficient (Wildman–Crippen LogP) is 3.69. The lowest BCUT2D eigenvalue weighted by molar-refractivity contribution is -0.384. The number of nitrogens with zero attached hydrogens (tertiary/aromatic N) is 1. The molecule has 1 unspecified atom stereocenters. The number of methoxy groups -OCH3 is 1. The molecule has 27 heavy (non-hydrogen) atoms. The number of nitro benzene ring substituents is 1. The van der Waals surface area contributed by atoms with E-state index in [9.17, 15) is 19.7 Å². The zero-order valence-electron chi connectivity index (χ0n) is 15.3. The van der Waals surface area contributed by atoms with Gasteiger partial charge in [0.05, 0.1) is 23.8 Å². The third-order valence-electron chi connectivity index (χ3n) is 4.20. The predicted molar refractivity (Wildman–Crippen MR) is 102 cm³/mol. The maximum Gasteiger partial charge on any atom is 0.314 e. The Hall–Kier alpha value is -3.42. The van der Waals surface area contributed by atoms with Crippen LogP contribution in [0.25, 0.3) is 0 Å². The van der Waals surface area contributed by atoms with Crippen molar-refractivity contribution in [3.05, 3.63) is 58.1 Å². The van der Waals surface area contributed by atoms with Crippen molar-refractivity contribution < 1.29 is 19.2 Å². The summed E-state index contributed by atoms with van der Waals surface area (Å²) in [4.78, 5) is 34.8. The van der Waals surface area contributed by atoms with E-state index in [1.54, 1.807) is 12.1 Å². The Morgan fingerprint density at radius 3 is 2.33 bits per heavy atom. The summed E-state index contributed by atoms with van der Waals surface area (Å²) in [7, 11) is 1.32. The number of anilines is 2. The monoisotopic (exact) mass is 371 g/mol. The van der Waals surface area contributed by atoms with Crippen LogP contribution in [-0.4, -0.2) is 23.8 Å². The number of rotatable bonds is 6. The molecule has 2 aromatic rings. The summed E-state index contributed by atoms with van der Waals surface area (Å²) in [5, 5.41) is 15.8. The van der Waals surface area contributed by atoms with Gasteiger partial charge >= 0.3 is 11.8 Å². The van der Waals surface area contributed by atoms with Crippen LogP contribution in [0.2, 0.25) is 0 Å². The Kier molecular flexibility index (Phi) is 6.48. The summed E-state index contributed by atoms with van der Waals surface area (Å²) < 4.78 is 5.05. The third-order valence-corrected chi connectivity index (χ3v) is 4.20. The first kappa shape index (κ1) is 19.9. The second-order valence-electron chi connectivity index (χ2n) is 5.95. The van der Waals surface area contributed by atoms with E-state index in [1.807, 2.05) is 26.0 Å². The molecule has 0 aliphatic carbocycles. The van der Waals surface area contributed by atoms with Crippen LogP contribution in [0.15, 0.2) is 42.5 Å². The van der Waals surface area contributed by atoms with Gasteiger partial charge in [0.2, 0.25) is 0 Å².